The zero-order valence-electron chi connectivity index (χ0n) is 11.1. The predicted molar refractivity (Wildman–Crippen MR) is 70.8 cm³/mol. The van der Waals surface area contributed by atoms with Gasteiger partial charge in [0.1, 0.15) is 5.76 Å². The third-order valence-electron chi connectivity index (χ3n) is 2.72. The van der Waals surface area contributed by atoms with Gasteiger partial charge in [0.05, 0.1) is 6.26 Å². The van der Waals surface area contributed by atoms with Crippen LogP contribution in [0.3, 0.4) is 0 Å². The number of hydrogen-bond acceptors (Lipinski definition) is 3. The SMILES string of the molecule is CC(C)(C)C(CCO)NC(=O)/C=C/c1ccco1. The van der Waals surface area contributed by atoms with Crippen LogP contribution in [-0.4, -0.2) is 23.7 Å². The van der Waals surface area contributed by atoms with Crippen molar-refractivity contribution in [3.05, 3.63) is 30.2 Å². The van der Waals surface area contributed by atoms with Crippen molar-refractivity contribution in [3.8, 4) is 0 Å². The maximum atomic E-state index is 11.7. The van der Waals surface area contributed by atoms with Crippen LogP contribution < -0.4 is 5.32 Å². The number of nitrogens with one attached hydrogen (secondary N) is 1. The zero-order chi connectivity index (χ0) is 13.6. The lowest BCUT2D eigenvalue weighted by Gasteiger charge is -2.30. The van der Waals surface area contributed by atoms with Gasteiger partial charge in [0.15, 0.2) is 0 Å². The maximum Gasteiger partial charge on any atom is 0.244 e. The lowest BCUT2D eigenvalue weighted by Crippen LogP contribution is -2.43. The standard InChI is InChI=1S/C14H21NO3/c1-14(2,3)12(8-9-16)15-13(17)7-6-11-5-4-10-18-11/h4-7,10,12,16H,8-9H2,1-3H3,(H,15,17)/b7-6+. The topological polar surface area (TPSA) is 62.5 Å². The molecule has 0 spiro atoms. The van der Waals surface area contributed by atoms with Gasteiger partial charge in [-0.3, -0.25) is 4.79 Å². The van der Waals surface area contributed by atoms with Crippen molar-refractivity contribution in [2.45, 2.75) is 33.2 Å². The van der Waals surface area contributed by atoms with Gasteiger partial charge >= 0.3 is 0 Å². The summed E-state index contributed by atoms with van der Waals surface area (Å²) in [6.07, 6.45) is 5.16. The van der Waals surface area contributed by atoms with E-state index in [-0.39, 0.29) is 24.0 Å². The summed E-state index contributed by atoms with van der Waals surface area (Å²) in [7, 11) is 0. The molecule has 1 atom stereocenters. The first kappa shape index (κ1) is 14.5. The number of furan rings is 1. The van der Waals surface area contributed by atoms with Crippen LogP contribution in [0.2, 0.25) is 0 Å². The summed E-state index contributed by atoms with van der Waals surface area (Å²) in [6.45, 7) is 6.15. The molecule has 1 aromatic heterocycles. The van der Waals surface area contributed by atoms with Gasteiger partial charge in [0, 0.05) is 18.7 Å². The van der Waals surface area contributed by atoms with E-state index in [2.05, 4.69) is 5.32 Å². The highest BCUT2D eigenvalue weighted by atomic mass is 16.3. The molecule has 2 N–H and O–H groups in total. The van der Waals surface area contributed by atoms with Crippen LogP contribution in [0.1, 0.15) is 33.0 Å². The third-order valence-corrected chi connectivity index (χ3v) is 2.72. The summed E-state index contributed by atoms with van der Waals surface area (Å²) < 4.78 is 5.10. The van der Waals surface area contributed by atoms with Crippen molar-refractivity contribution in [1.29, 1.82) is 0 Å². The van der Waals surface area contributed by atoms with Gasteiger partial charge in [-0.25, -0.2) is 0 Å². The van der Waals surface area contributed by atoms with Crippen LogP contribution in [-0.2, 0) is 4.79 Å². The number of hydrogen-bond donors (Lipinski definition) is 2. The molecular weight excluding hydrogens is 230 g/mol. The molecule has 0 aliphatic rings. The molecule has 100 valence electrons. The molecule has 1 aromatic rings. The van der Waals surface area contributed by atoms with Crippen LogP contribution in [0.25, 0.3) is 6.08 Å². The lowest BCUT2D eigenvalue weighted by molar-refractivity contribution is -0.118. The Kier molecular flexibility index (Phi) is 5.16. The highest BCUT2D eigenvalue weighted by molar-refractivity contribution is 5.91. The molecule has 0 saturated carbocycles. The number of carbonyl (C=O) groups excluding carboxylic acids is 1. The Hall–Kier alpha value is -1.55. The average molecular weight is 251 g/mol. The molecule has 1 amide bonds. The molecule has 0 aromatic carbocycles. The van der Waals surface area contributed by atoms with E-state index in [1.54, 1.807) is 24.5 Å². The molecule has 4 heteroatoms. The van der Waals surface area contributed by atoms with E-state index < -0.39 is 0 Å². The van der Waals surface area contributed by atoms with E-state index in [1.165, 1.54) is 6.08 Å². The lowest BCUT2D eigenvalue weighted by atomic mass is 9.85. The van der Waals surface area contributed by atoms with E-state index >= 15 is 0 Å². The molecule has 1 rings (SSSR count). The Labute approximate surface area is 108 Å². The Balaban J connectivity index is 2.56. The second kappa shape index (κ2) is 6.40. The van der Waals surface area contributed by atoms with Crippen molar-refractivity contribution < 1.29 is 14.3 Å². The molecular formula is C14H21NO3. The number of rotatable bonds is 5. The van der Waals surface area contributed by atoms with Crippen LogP contribution in [0.4, 0.5) is 0 Å². The quantitative estimate of drug-likeness (QED) is 0.789. The van der Waals surface area contributed by atoms with Crippen LogP contribution in [0.5, 0.6) is 0 Å². The minimum atomic E-state index is -0.181. The number of aliphatic hydroxyl groups excluding tert-OH is 1. The minimum Gasteiger partial charge on any atom is -0.465 e. The first-order valence-electron chi connectivity index (χ1n) is 6.06. The van der Waals surface area contributed by atoms with Crippen molar-refractivity contribution in [1.82, 2.24) is 5.32 Å². The summed E-state index contributed by atoms with van der Waals surface area (Å²) in [4.78, 5) is 11.7. The molecule has 0 fully saturated rings. The molecule has 4 nitrogen and oxygen atoms in total. The average Bonchev–Trinajstić information content (AvgIpc) is 2.77. The van der Waals surface area contributed by atoms with Crippen molar-refractivity contribution >= 4 is 12.0 Å². The van der Waals surface area contributed by atoms with Gasteiger partial charge in [0.2, 0.25) is 5.91 Å². The summed E-state index contributed by atoms with van der Waals surface area (Å²) >= 11 is 0. The Bertz CT molecular complexity index is 388. The molecule has 1 unspecified atom stereocenters. The molecule has 1 heterocycles. The van der Waals surface area contributed by atoms with Crippen molar-refractivity contribution in [2.24, 2.45) is 5.41 Å². The number of carbonyl (C=O) groups is 1. The van der Waals surface area contributed by atoms with Gasteiger partial charge in [-0.1, -0.05) is 20.8 Å². The Morgan fingerprint density at radius 2 is 2.28 bits per heavy atom. The van der Waals surface area contributed by atoms with E-state index in [9.17, 15) is 4.79 Å². The highest BCUT2D eigenvalue weighted by Crippen LogP contribution is 2.21. The van der Waals surface area contributed by atoms with Crippen LogP contribution in [0.15, 0.2) is 28.9 Å². The fourth-order valence-corrected chi connectivity index (χ4v) is 1.61. The first-order valence-corrected chi connectivity index (χ1v) is 6.06. The van der Waals surface area contributed by atoms with Crippen LogP contribution >= 0.6 is 0 Å². The second-order valence-electron chi connectivity index (χ2n) is 5.29. The van der Waals surface area contributed by atoms with Gasteiger partial charge in [0.25, 0.3) is 0 Å². The summed E-state index contributed by atoms with van der Waals surface area (Å²) in [6, 6.07) is 3.48. The monoisotopic (exact) mass is 251 g/mol. The largest absolute Gasteiger partial charge is 0.465 e. The van der Waals surface area contributed by atoms with Crippen LogP contribution in [0, 0.1) is 5.41 Å². The van der Waals surface area contributed by atoms with E-state index in [1.807, 2.05) is 20.8 Å². The molecule has 0 radical (unpaired) electrons. The second-order valence-corrected chi connectivity index (χ2v) is 5.29. The molecule has 0 saturated heterocycles. The van der Waals surface area contributed by atoms with E-state index in [0.717, 1.165) is 0 Å². The number of amides is 1. The third kappa shape index (κ3) is 4.75. The summed E-state index contributed by atoms with van der Waals surface area (Å²) in [5.74, 6) is 0.458. The molecule has 0 aliphatic heterocycles. The zero-order valence-corrected chi connectivity index (χ0v) is 11.1. The first-order chi connectivity index (χ1) is 8.43. The molecule has 0 bridgehead atoms. The molecule has 18 heavy (non-hydrogen) atoms. The van der Waals surface area contributed by atoms with Crippen molar-refractivity contribution in [2.75, 3.05) is 6.61 Å². The highest BCUT2D eigenvalue weighted by Gasteiger charge is 2.24. The van der Waals surface area contributed by atoms with Gasteiger partial charge in [-0.2, -0.15) is 0 Å². The fourth-order valence-electron chi connectivity index (χ4n) is 1.61. The smallest absolute Gasteiger partial charge is 0.244 e. The van der Waals surface area contributed by atoms with Gasteiger partial charge in [-0.15, -0.1) is 0 Å². The fraction of sp³-hybridized carbons (Fsp3) is 0.500. The van der Waals surface area contributed by atoms with Gasteiger partial charge < -0.3 is 14.8 Å². The Morgan fingerprint density at radius 1 is 1.56 bits per heavy atom. The Morgan fingerprint density at radius 3 is 2.78 bits per heavy atom. The normalized spacial score (nSPS) is 13.8. The molecule has 0 aliphatic carbocycles. The summed E-state index contributed by atoms with van der Waals surface area (Å²) in [5.41, 5.74) is -0.0864. The maximum absolute atomic E-state index is 11.7. The van der Waals surface area contributed by atoms with E-state index in [4.69, 9.17) is 9.52 Å². The van der Waals surface area contributed by atoms with E-state index in [0.29, 0.717) is 12.2 Å². The summed E-state index contributed by atoms with van der Waals surface area (Å²) in [5, 5.41) is 11.9. The van der Waals surface area contributed by atoms with Gasteiger partial charge in [-0.05, 0) is 30.0 Å². The minimum absolute atomic E-state index is 0.0590. The number of aliphatic hydroxyl groups is 1. The van der Waals surface area contributed by atoms with Crippen molar-refractivity contribution in [3.63, 3.8) is 0 Å². The predicted octanol–water partition coefficient (Wildman–Crippen LogP) is 2.21.